The van der Waals surface area contributed by atoms with E-state index in [0.717, 1.165) is 43.6 Å². The molecule has 1 fully saturated rings. The molecule has 1 N–H and O–H groups in total. The molecule has 3 rings (SSSR count). The second-order valence-corrected chi connectivity index (χ2v) is 5.89. The van der Waals surface area contributed by atoms with Gasteiger partial charge in [-0.05, 0) is 50.7 Å². The molecule has 1 saturated heterocycles. The summed E-state index contributed by atoms with van der Waals surface area (Å²) in [7, 11) is 0. The van der Waals surface area contributed by atoms with E-state index in [9.17, 15) is 4.79 Å². The Kier molecular flexibility index (Phi) is 2.98. The maximum atomic E-state index is 12.1. The van der Waals surface area contributed by atoms with Gasteiger partial charge < -0.3 is 4.90 Å². The molecule has 1 aromatic rings. The number of hydrogen-bond donors (Lipinski definition) is 1. The molecule has 0 bridgehead atoms. The fraction of sp³-hybridized carbons (Fsp3) is 0.714. The van der Waals surface area contributed by atoms with E-state index in [0.29, 0.717) is 6.42 Å². The van der Waals surface area contributed by atoms with Gasteiger partial charge in [0.15, 0.2) is 5.78 Å². The third-order valence-electron chi connectivity index (χ3n) is 4.55. The van der Waals surface area contributed by atoms with Crippen LogP contribution in [0.2, 0.25) is 0 Å². The van der Waals surface area contributed by atoms with E-state index >= 15 is 0 Å². The highest BCUT2D eigenvalue weighted by molar-refractivity contribution is 5.97. The number of aromatic amines is 1. The van der Waals surface area contributed by atoms with Gasteiger partial charge in [-0.2, -0.15) is 5.10 Å². The van der Waals surface area contributed by atoms with Crippen LogP contribution < -0.4 is 0 Å². The summed E-state index contributed by atoms with van der Waals surface area (Å²) in [5, 5.41) is 6.87. The molecule has 4 nitrogen and oxygen atoms in total. The largest absolute Gasteiger partial charge is 0.303 e. The molecule has 2 aliphatic rings. The van der Waals surface area contributed by atoms with E-state index in [1.165, 1.54) is 13.0 Å². The first-order valence-corrected chi connectivity index (χ1v) is 7.00. The molecule has 1 aliphatic heterocycles. The highest BCUT2D eigenvalue weighted by atomic mass is 16.1. The first kappa shape index (κ1) is 11.9. The summed E-state index contributed by atoms with van der Waals surface area (Å²) >= 11 is 0. The Morgan fingerprint density at radius 3 is 2.89 bits per heavy atom. The Morgan fingerprint density at radius 2 is 2.17 bits per heavy atom. The van der Waals surface area contributed by atoms with Crippen molar-refractivity contribution in [3.63, 3.8) is 0 Å². The summed E-state index contributed by atoms with van der Waals surface area (Å²) in [6.07, 6.45) is 7.11. The van der Waals surface area contributed by atoms with Crippen molar-refractivity contribution in [2.75, 3.05) is 19.6 Å². The predicted molar refractivity (Wildman–Crippen MR) is 69.6 cm³/mol. The lowest BCUT2D eigenvalue weighted by atomic mass is 9.67. The maximum Gasteiger partial charge on any atom is 0.181 e. The third-order valence-corrected chi connectivity index (χ3v) is 4.55. The molecule has 18 heavy (non-hydrogen) atoms. The maximum absolute atomic E-state index is 12.1. The molecule has 0 aromatic carbocycles. The minimum absolute atomic E-state index is 0.220. The number of carbonyl (C=O) groups is 1. The van der Waals surface area contributed by atoms with Crippen molar-refractivity contribution in [2.45, 2.75) is 39.0 Å². The third kappa shape index (κ3) is 1.99. The Morgan fingerprint density at radius 1 is 1.39 bits per heavy atom. The van der Waals surface area contributed by atoms with E-state index < -0.39 is 0 Å². The van der Waals surface area contributed by atoms with Gasteiger partial charge in [0.2, 0.25) is 0 Å². The molecular formula is C14H21N3O. The number of nitrogens with zero attached hydrogens (tertiary/aromatic N) is 2. The van der Waals surface area contributed by atoms with E-state index in [2.05, 4.69) is 22.0 Å². The number of aromatic nitrogens is 2. The van der Waals surface area contributed by atoms with Crippen LogP contribution in [0.3, 0.4) is 0 Å². The predicted octanol–water partition coefficient (Wildman–Crippen LogP) is 2.03. The molecule has 98 valence electrons. The lowest BCUT2D eigenvalue weighted by Gasteiger charge is -2.43. The summed E-state index contributed by atoms with van der Waals surface area (Å²) in [5.74, 6) is 0.262. The number of H-pyrrole nitrogens is 1. The van der Waals surface area contributed by atoms with Gasteiger partial charge in [-0.1, -0.05) is 6.92 Å². The van der Waals surface area contributed by atoms with Gasteiger partial charge in [0.1, 0.15) is 5.69 Å². The van der Waals surface area contributed by atoms with Crippen LogP contribution in [0.15, 0.2) is 6.20 Å². The van der Waals surface area contributed by atoms with Crippen molar-refractivity contribution >= 4 is 5.78 Å². The minimum Gasteiger partial charge on any atom is -0.303 e. The molecule has 0 unspecified atom stereocenters. The summed E-state index contributed by atoms with van der Waals surface area (Å²) in [5.41, 5.74) is 2.12. The van der Waals surface area contributed by atoms with Crippen molar-refractivity contribution < 1.29 is 4.79 Å². The SMILES string of the molecule is CCCN1CCC2(CC1)CC(=O)c1[nH]ncc1C2. The number of nitrogens with one attached hydrogen (secondary N) is 1. The fourth-order valence-corrected chi connectivity index (χ4v) is 3.50. The molecule has 4 heteroatoms. The molecule has 1 aliphatic carbocycles. The first-order valence-electron chi connectivity index (χ1n) is 7.00. The normalized spacial score (nSPS) is 23.3. The molecule has 0 atom stereocenters. The van der Waals surface area contributed by atoms with Crippen molar-refractivity contribution in [2.24, 2.45) is 5.41 Å². The average Bonchev–Trinajstić information content (AvgIpc) is 2.81. The fourth-order valence-electron chi connectivity index (χ4n) is 3.50. The Bertz CT molecular complexity index is 444. The smallest absolute Gasteiger partial charge is 0.181 e. The number of ketones is 1. The quantitative estimate of drug-likeness (QED) is 0.870. The second kappa shape index (κ2) is 4.50. The first-order chi connectivity index (χ1) is 8.72. The monoisotopic (exact) mass is 247 g/mol. The van der Waals surface area contributed by atoms with E-state index in [-0.39, 0.29) is 11.2 Å². The molecule has 0 saturated carbocycles. The van der Waals surface area contributed by atoms with Crippen LogP contribution in [0.4, 0.5) is 0 Å². The van der Waals surface area contributed by atoms with E-state index in [1.54, 1.807) is 0 Å². The molecule has 1 aromatic heterocycles. The van der Waals surface area contributed by atoms with Gasteiger partial charge in [0.25, 0.3) is 0 Å². The number of fused-ring (bicyclic) bond motifs is 1. The molecule has 1 spiro atoms. The Balaban J connectivity index is 1.73. The van der Waals surface area contributed by atoms with Gasteiger partial charge in [-0.3, -0.25) is 9.89 Å². The summed E-state index contributed by atoms with van der Waals surface area (Å²) in [6, 6.07) is 0. The molecular weight excluding hydrogens is 226 g/mol. The number of rotatable bonds is 2. The lowest BCUT2D eigenvalue weighted by molar-refractivity contribution is 0.0674. The van der Waals surface area contributed by atoms with Crippen LogP contribution in [0.25, 0.3) is 0 Å². The van der Waals surface area contributed by atoms with Crippen LogP contribution in [0, 0.1) is 5.41 Å². The zero-order valence-corrected chi connectivity index (χ0v) is 11.0. The van der Waals surface area contributed by atoms with Crippen LogP contribution in [-0.4, -0.2) is 40.5 Å². The highest BCUT2D eigenvalue weighted by Gasteiger charge is 2.41. The van der Waals surface area contributed by atoms with Gasteiger partial charge in [0.05, 0.1) is 6.20 Å². The standard InChI is InChI=1S/C14H21N3O/c1-2-5-17-6-3-14(4-7-17)8-11-10-15-16-13(11)12(18)9-14/h10H,2-9H2,1H3,(H,15,16). The van der Waals surface area contributed by atoms with Crippen LogP contribution in [0.1, 0.15) is 48.7 Å². The molecule has 0 amide bonds. The number of carbonyl (C=O) groups excluding carboxylic acids is 1. The minimum atomic E-state index is 0.220. The zero-order valence-electron chi connectivity index (χ0n) is 11.0. The summed E-state index contributed by atoms with van der Waals surface area (Å²) < 4.78 is 0. The van der Waals surface area contributed by atoms with Gasteiger partial charge in [0, 0.05) is 12.0 Å². The van der Waals surface area contributed by atoms with Crippen molar-refractivity contribution in [1.82, 2.24) is 15.1 Å². The average molecular weight is 247 g/mol. The van der Waals surface area contributed by atoms with Gasteiger partial charge in [-0.15, -0.1) is 0 Å². The Labute approximate surface area is 108 Å². The highest BCUT2D eigenvalue weighted by Crippen LogP contribution is 2.42. The van der Waals surface area contributed by atoms with Crippen LogP contribution >= 0.6 is 0 Å². The topological polar surface area (TPSA) is 49.0 Å². The second-order valence-electron chi connectivity index (χ2n) is 5.89. The summed E-state index contributed by atoms with van der Waals surface area (Å²) in [6.45, 7) is 5.72. The Hall–Kier alpha value is -1.16. The zero-order chi connectivity index (χ0) is 12.6. The number of Topliss-reactive ketones (excluding diaryl/α,β-unsaturated/α-hetero) is 1. The number of hydrogen-bond acceptors (Lipinski definition) is 3. The van der Waals surface area contributed by atoms with E-state index in [4.69, 9.17) is 0 Å². The summed E-state index contributed by atoms with van der Waals surface area (Å²) in [4.78, 5) is 14.7. The van der Waals surface area contributed by atoms with Gasteiger partial charge in [-0.25, -0.2) is 0 Å². The molecule has 2 heterocycles. The van der Waals surface area contributed by atoms with Gasteiger partial charge >= 0.3 is 0 Å². The number of piperidine rings is 1. The number of likely N-dealkylation sites (tertiary alicyclic amines) is 1. The van der Waals surface area contributed by atoms with Crippen molar-refractivity contribution in [3.05, 3.63) is 17.5 Å². The van der Waals surface area contributed by atoms with Crippen LogP contribution in [0.5, 0.6) is 0 Å². The lowest BCUT2D eigenvalue weighted by Crippen LogP contribution is -2.44. The molecule has 0 radical (unpaired) electrons. The van der Waals surface area contributed by atoms with Crippen molar-refractivity contribution in [1.29, 1.82) is 0 Å². The van der Waals surface area contributed by atoms with E-state index in [1.807, 2.05) is 6.20 Å². The van der Waals surface area contributed by atoms with Crippen LogP contribution in [-0.2, 0) is 6.42 Å². The van der Waals surface area contributed by atoms with Crippen molar-refractivity contribution in [3.8, 4) is 0 Å².